The first-order valence-corrected chi connectivity index (χ1v) is 9.08. The van der Waals surface area contributed by atoms with Gasteiger partial charge in [-0.1, -0.05) is 47.5 Å². The van der Waals surface area contributed by atoms with Crippen LogP contribution in [0.2, 0.25) is 10.0 Å². The van der Waals surface area contributed by atoms with Gasteiger partial charge in [0.25, 0.3) is 5.91 Å². The molecule has 0 aliphatic carbocycles. The van der Waals surface area contributed by atoms with E-state index in [9.17, 15) is 9.59 Å². The quantitative estimate of drug-likeness (QED) is 0.635. The molecule has 140 valence electrons. The number of carbonyl (C=O) groups excluding carboxylic acids is 2. The lowest BCUT2D eigenvalue weighted by Gasteiger charge is -2.15. The number of esters is 1. The molecule has 0 spiro atoms. The molecule has 0 radical (unpaired) electrons. The molecule has 5 nitrogen and oxygen atoms in total. The minimum absolute atomic E-state index is 0.302. The lowest BCUT2D eigenvalue weighted by molar-refractivity contribution is -0.124. The molecule has 0 unspecified atom stereocenters. The van der Waals surface area contributed by atoms with E-state index in [1.165, 1.54) is 0 Å². The van der Waals surface area contributed by atoms with E-state index in [1.54, 1.807) is 24.4 Å². The molecule has 3 rings (SSSR count). The highest BCUT2D eigenvalue weighted by molar-refractivity contribution is 6.42. The average Bonchev–Trinajstić information content (AvgIpc) is 2.99. The van der Waals surface area contributed by atoms with Crippen LogP contribution in [0.5, 0.6) is 0 Å². The highest BCUT2D eigenvalue weighted by Crippen LogP contribution is 2.25. The first-order chi connectivity index (χ1) is 12.9. The Kier molecular flexibility index (Phi) is 5.73. The van der Waals surface area contributed by atoms with Crippen LogP contribution in [0.4, 0.5) is 0 Å². The fourth-order valence-electron chi connectivity index (χ4n) is 2.86. The summed E-state index contributed by atoms with van der Waals surface area (Å²) in [5.41, 5.74) is 2.15. The van der Waals surface area contributed by atoms with Gasteiger partial charge in [0.15, 0.2) is 6.61 Å². The van der Waals surface area contributed by atoms with Crippen LogP contribution >= 0.6 is 23.2 Å². The van der Waals surface area contributed by atoms with E-state index in [1.807, 2.05) is 42.8 Å². The number of rotatable bonds is 5. The minimum Gasteiger partial charge on any atom is -0.452 e. The molecule has 0 saturated carbocycles. The van der Waals surface area contributed by atoms with Crippen LogP contribution in [0, 0.1) is 0 Å². The van der Waals surface area contributed by atoms with Crippen molar-refractivity contribution in [2.45, 2.75) is 13.0 Å². The minimum atomic E-state index is -0.538. The Morgan fingerprint density at radius 1 is 1.15 bits per heavy atom. The van der Waals surface area contributed by atoms with E-state index in [0.717, 1.165) is 16.5 Å². The number of hydrogen-bond donors (Lipinski definition) is 1. The van der Waals surface area contributed by atoms with Gasteiger partial charge in [-0.05, 0) is 30.7 Å². The van der Waals surface area contributed by atoms with E-state index in [0.29, 0.717) is 15.6 Å². The van der Waals surface area contributed by atoms with Crippen molar-refractivity contribution < 1.29 is 14.3 Å². The maximum absolute atomic E-state index is 12.4. The number of nitrogens with one attached hydrogen (secondary N) is 1. The van der Waals surface area contributed by atoms with E-state index in [2.05, 4.69) is 5.32 Å². The molecule has 3 aromatic rings. The van der Waals surface area contributed by atoms with Crippen LogP contribution < -0.4 is 5.32 Å². The predicted octanol–water partition coefficient (Wildman–Crippen LogP) is 4.52. The van der Waals surface area contributed by atoms with Crippen molar-refractivity contribution >= 4 is 46.0 Å². The number of aromatic nitrogens is 1. The summed E-state index contributed by atoms with van der Waals surface area (Å²) >= 11 is 11.9. The number of ether oxygens (including phenoxy) is 1. The molecular formula is C20H18Cl2N2O3. The van der Waals surface area contributed by atoms with Crippen LogP contribution in [0.3, 0.4) is 0 Å². The van der Waals surface area contributed by atoms with Crippen molar-refractivity contribution in [3.8, 4) is 0 Å². The van der Waals surface area contributed by atoms with E-state index >= 15 is 0 Å². The van der Waals surface area contributed by atoms with Crippen LogP contribution in [-0.4, -0.2) is 23.1 Å². The molecule has 1 heterocycles. The third-order valence-electron chi connectivity index (χ3n) is 4.27. The van der Waals surface area contributed by atoms with E-state index in [-0.39, 0.29) is 12.6 Å². The van der Waals surface area contributed by atoms with Crippen molar-refractivity contribution in [3.05, 3.63) is 69.8 Å². The summed E-state index contributed by atoms with van der Waals surface area (Å²) in [5.74, 6) is -0.939. The Bertz CT molecular complexity index is 1010. The topological polar surface area (TPSA) is 60.3 Å². The number of amides is 1. The normalized spacial score (nSPS) is 12.0. The summed E-state index contributed by atoms with van der Waals surface area (Å²) in [6, 6.07) is 12.3. The number of halogens is 2. The molecule has 1 aromatic heterocycles. The Hall–Kier alpha value is -2.50. The van der Waals surface area contributed by atoms with Gasteiger partial charge < -0.3 is 14.6 Å². The second kappa shape index (κ2) is 8.03. The van der Waals surface area contributed by atoms with E-state index in [4.69, 9.17) is 27.9 Å². The van der Waals surface area contributed by atoms with Gasteiger partial charge in [-0.3, -0.25) is 4.79 Å². The molecule has 1 amide bonds. The second-order valence-electron chi connectivity index (χ2n) is 6.21. The van der Waals surface area contributed by atoms with Gasteiger partial charge in [0, 0.05) is 24.1 Å². The SMILES string of the molecule is C[C@@H](NC(=O)COC(=O)c1cn(C)c2ccccc12)c1ccc(Cl)c(Cl)c1. The molecule has 1 N–H and O–H groups in total. The number of nitrogens with zero attached hydrogens (tertiary/aromatic N) is 1. The molecule has 0 saturated heterocycles. The summed E-state index contributed by atoms with van der Waals surface area (Å²) < 4.78 is 7.03. The molecular weight excluding hydrogens is 387 g/mol. The third-order valence-corrected chi connectivity index (χ3v) is 5.01. The van der Waals surface area contributed by atoms with Crippen molar-refractivity contribution in [3.63, 3.8) is 0 Å². The standard InChI is InChI=1S/C20H18Cl2N2O3/c1-12(13-7-8-16(21)17(22)9-13)23-19(25)11-27-20(26)15-10-24(2)18-6-4-3-5-14(15)18/h3-10,12H,11H2,1-2H3,(H,23,25)/t12-/m1/s1. The maximum atomic E-state index is 12.4. The Morgan fingerprint density at radius 3 is 2.63 bits per heavy atom. The number of hydrogen-bond acceptors (Lipinski definition) is 3. The molecule has 0 aliphatic heterocycles. The zero-order valence-corrected chi connectivity index (χ0v) is 16.3. The van der Waals surface area contributed by atoms with Crippen LogP contribution in [-0.2, 0) is 16.6 Å². The van der Waals surface area contributed by atoms with Gasteiger partial charge in [0.2, 0.25) is 0 Å². The van der Waals surface area contributed by atoms with Crippen LogP contribution in [0.1, 0.15) is 28.9 Å². The summed E-state index contributed by atoms with van der Waals surface area (Å²) in [6.45, 7) is 1.44. The average molecular weight is 405 g/mol. The Morgan fingerprint density at radius 2 is 1.89 bits per heavy atom. The van der Waals surface area contributed by atoms with Crippen molar-refractivity contribution in [2.24, 2.45) is 7.05 Å². The summed E-state index contributed by atoms with van der Waals surface area (Å²) in [6.07, 6.45) is 1.70. The number of aryl methyl sites for hydroxylation is 1. The van der Waals surface area contributed by atoms with Gasteiger partial charge >= 0.3 is 5.97 Å². The van der Waals surface area contributed by atoms with Gasteiger partial charge in [0.05, 0.1) is 21.7 Å². The lowest BCUT2D eigenvalue weighted by atomic mass is 10.1. The summed E-state index contributed by atoms with van der Waals surface area (Å²) in [4.78, 5) is 24.5. The maximum Gasteiger partial charge on any atom is 0.340 e. The largest absolute Gasteiger partial charge is 0.452 e. The van der Waals surface area contributed by atoms with Gasteiger partial charge in [-0.2, -0.15) is 0 Å². The monoisotopic (exact) mass is 404 g/mol. The summed E-state index contributed by atoms with van der Waals surface area (Å²) in [7, 11) is 1.85. The Labute approximate surface area is 166 Å². The molecule has 2 aromatic carbocycles. The summed E-state index contributed by atoms with van der Waals surface area (Å²) in [5, 5.41) is 4.42. The number of fused-ring (bicyclic) bond motifs is 1. The first kappa shape index (κ1) is 19.3. The lowest BCUT2D eigenvalue weighted by Crippen LogP contribution is -2.31. The molecule has 0 bridgehead atoms. The van der Waals surface area contributed by atoms with Gasteiger partial charge in [0.1, 0.15) is 0 Å². The zero-order valence-electron chi connectivity index (χ0n) is 14.8. The molecule has 27 heavy (non-hydrogen) atoms. The fraction of sp³-hybridized carbons (Fsp3) is 0.200. The third kappa shape index (κ3) is 4.26. The van der Waals surface area contributed by atoms with Crippen molar-refractivity contribution in [1.29, 1.82) is 0 Å². The highest BCUT2D eigenvalue weighted by atomic mass is 35.5. The molecule has 0 fully saturated rings. The van der Waals surface area contributed by atoms with Crippen LogP contribution in [0.15, 0.2) is 48.7 Å². The smallest absolute Gasteiger partial charge is 0.340 e. The van der Waals surface area contributed by atoms with Gasteiger partial charge in [-0.15, -0.1) is 0 Å². The van der Waals surface area contributed by atoms with Crippen LogP contribution in [0.25, 0.3) is 10.9 Å². The highest BCUT2D eigenvalue weighted by Gasteiger charge is 2.17. The zero-order chi connectivity index (χ0) is 19.6. The van der Waals surface area contributed by atoms with Crippen molar-refractivity contribution in [2.75, 3.05) is 6.61 Å². The fourth-order valence-corrected chi connectivity index (χ4v) is 3.17. The molecule has 0 aliphatic rings. The van der Waals surface area contributed by atoms with E-state index < -0.39 is 11.9 Å². The number of carbonyl (C=O) groups is 2. The number of para-hydroxylation sites is 1. The Balaban J connectivity index is 1.61. The predicted molar refractivity (Wildman–Crippen MR) is 106 cm³/mol. The number of benzene rings is 2. The first-order valence-electron chi connectivity index (χ1n) is 8.32. The van der Waals surface area contributed by atoms with Crippen molar-refractivity contribution in [1.82, 2.24) is 9.88 Å². The molecule has 1 atom stereocenters. The van der Waals surface area contributed by atoms with Gasteiger partial charge in [-0.25, -0.2) is 4.79 Å². The second-order valence-corrected chi connectivity index (χ2v) is 7.02. The molecule has 7 heteroatoms.